The summed E-state index contributed by atoms with van der Waals surface area (Å²) in [4.78, 5) is 30.5. The molecule has 1 fully saturated rings. The van der Waals surface area contributed by atoms with Crippen molar-refractivity contribution in [2.45, 2.75) is 0 Å². The van der Waals surface area contributed by atoms with Crippen LogP contribution >= 0.6 is 0 Å². The van der Waals surface area contributed by atoms with E-state index in [9.17, 15) is 9.59 Å². The van der Waals surface area contributed by atoms with Crippen LogP contribution in [0.1, 0.15) is 5.69 Å². The maximum atomic E-state index is 12.6. The standard InChI is InChI=1S/C23H21N5O4/c1-31-21-15-17(27-13-14-32-23(27)30)7-8-19(21)28-12-10-20(29)22(26-28)18(9-11-24)25-16-5-3-2-4-6-16/h2-12,15H,13-14,24H2,1H3. The molecule has 9 heteroatoms. The number of aromatic nitrogens is 2. The average molecular weight is 431 g/mol. The van der Waals surface area contributed by atoms with Gasteiger partial charge in [-0.2, -0.15) is 5.10 Å². The molecule has 1 aromatic heterocycles. The number of cyclic esters (lactones) is 1. The molecule has 162 valence electrons. The van der Waals surface area contributed by atoms with Crippen molar-refractivity contribution in [1.82, 2.24) is 9.78 Å². The molecule has 1 aliphatic rings. The summed E-state index contributed by atoms with van der Waals surface area (Å²) >= 11 is 0. The van der Waals surface area contributed by atoms with Gasteiger partial charge in [0.15, 0.2) is 5.69 Å². The van der Waals surface area contributed by atoms with Crippen LogP contribution in [0.15, 0.2) is 82.9 Å². The molecule has 2 heterocycles. The van der Waals surface area contributed by atoms with E-state index in [1.807, 2.05) is 30.3 Å². The van der Waals surface area contributed by atoms with Gasteiger partial charge in [0.1, 0.15) is 18.0 Å². The number of methoxy groups -OCH3 is 1. The topological polar surface area (TPSA) is 112 Å². The molecule has 0 saturated carbocycles. The van der Waals surface area contributed by atoms with Gasteiger partial charge in [-0.25, -0.2) is 14.5 Å². The Morgan fingerprint density at radius 3 is 2.69 bits per heavy atom. The van der Waals surface area contributed by atoms with E-state index in [1.54, 1.807) is 24.4 Å². The van der Waals surface area contributed by atoms with E-state index in [1.165, 1.54) is 35.0 Å². The predicted octanol–water partition coefficient (Wildman–Crippen LogP) is 2.79. The van der Waals surface area contributed by atoms with Crippen molar-refractivity contribution in [3.05, 3.63) is 89.0 Å². The highest BCUT2D eigenvalue weighted by molar-refractivity contribution is 6.08. The fourth-order valence-electron chi connectivity index (χ4n) is 3.27. The van der Waals surface area contributed by atoms with E-state index in [0.717, 1.165) is 0 Å². The molecule has 9 nitrogen and oxygen atoms in total. The largest absolute Gasteiger partial charge is 0.494 e. The van der Waals surface area contributed by atoms with Crippen LogP contribution in [0.5, 0.6) is 5.75 Å². The summed E-state index contributed by atoms with van der Waals surface area (Å²) in [5.41, 5.74) is 7.64. The number of amides is 1. The second kappa shape index (κ2) is 9.17. The summed E-state index contributed by atoms with van der Waals surface area (Å²) in [6, 6.07) is 15.9. The number of rotatable bonds is 6. The molecule has 1 saturated heterocycles. The zero-order chi connectivity index (χ0) is 22.5. The highest BCUT2D eigenvalue weighted by Crippen LogP contribution is 2.29. The third-order valence-electron chi connectivity index (χ3n) is 4.79. The number of carbonyl (C=O) groups excluding carboxylic acids is 1. The number of aliphatic imine (C=N–C) groups is 1. The fraction of sp³-hybridized carbons (Fsp3) is 0.130. The minimum atomic E-state index is -0.404. The van der Waals surface area contributed by atoms with Crippen molar-refractivity contribution in [3.8, 4) is 11.4 Å². The van der Waals surface area contributed by atoms with Crippen molar-refractivity contribution < 1.29 is 14.3 Å². The maximum absolute atomic E-state index is 12.6. The molecule has 0 unspecified atom stereocenters. The minimum Gasteiger partial charge on any atom is -0.494 e. The van der Waals surface area contributed by atoms with Crippen LogP contribution in [0.4, 0.5) is 16.2 Å². The van der Waals surface area contributed by atoms with Gasteiger partial charge in [-0.15, -0.1) is 0 Å². The van der Waals surface area contributed by atoms with Crippen molar-refractivity contribution in [2.24, 2.45) is 10.7 Å². The molecule has 0 radical (unpaired) electrons. The van der Waals surface area contributed by atoms with Crippen LogP contribution in [-0.4, -0.2) is 41.8 Å². The Morgan fingerprint density at radius 2 is 2.00 bits per heavy atom. The summed E-state index contributed by atoms with van der Waals surface area (Å²) < 4.78 is 12.0. The highest BCUT2D eigenvalue weighted by atomic mass is 16.6. The quantitative estimate of drug-likeness (QED) is 0.601. The van der Waals surface area contributed by atoms with Crippen molar-refractivity contribution >= 4 is 23.2 Å². The number of allylic oxidation sites excluding steroid dienone is 1. The van der Waals surface area contributed by atoms with Gasteiger partial charge >= 0.3 is 6.09 Å². The molecule has 0 aliphatic carbocycles. The number of benzene rings is 2. The first-order valence-electron chi connectivity index (χ1n) is 9.86. The molecule has 0 atom stereocenters. The molecule has 2 aromatic carbocycles. The first-order valence-corrected chi connectivity index (χ1v) is 9.86. The summed E-state index contributed by atoms with van der Waals surface area (Å²) in [5.74, 6) is 0.472. The summed E-state index contributed by atoms with van der Waals surface area (Å²) in [6.45, 7) is 0.804. The number of hydrogen-bond acceptors (Lipinski definition) is 7. The molecule has 2 N–H and O–H groups in total. The predicted molar refractivity (Wildman–Crippen MR) is 121 cm³/mol. The van der Waals surface area contributed by atoms with Gasteiger partial charge in [-0.3, -0.25) is 9.69 Å². The Labute approximate surface area is 184 Å². The first-order chi connectivity index (χ1) is 15.6. The van der Waals surface area contributed by atoms with E-state index < -0.39 is 6.09 Å². The van der Waals surface area contributed by atoms with Crippen LogP contribution in [0, 0.1) is 0 Å². The molecular weight excluding hydrogens is 410 g/mol. The molecule has 32 heavy (non-hydrogen) atoms. The number of nitrogens with zero attached hydrogens (tertiary/aromatic N) is 4. The van der Waals surface area contributed by atoms with E-state index in [4.69, 9.17) is 15.2 Å². The molecule has 0 bridgehead atoms. The number of anilines is 1. The molecule has 1 amide bonds. The Kier molecular flexibility index (Phi) is 5.98. The second-order valence-corrected chi connectivity index (χ2v) is 6.79. The zero-order valence-electron chi connectivity index (χ0n) is 17.3. The minimum absolute atomic E-state index is 0.132. The SMILES string of the molecule is COc1cc(N2CCOC2=O)ccc1-n1ccc(=O)c(C(C=CN)=Nc2ccccc2)n1. The van der Waals surface area contributed by atoms with Gasteiger partial charge in [0.25, 0.3) is 0 Å². The molecule has 4 rings (SSSR count). The van der Waals surface area contributed by atoms with Crippen LogP contribution in [0.25, 0.3) is 5.69 Å². The number of para-hydroxylation sites is 1. The number of hydrogen-bond donors (Lipinski definition) is 1. The molecule has 1 aliphatic heterocycles. The number of carbonyl (C=O) groups is 1. The first kappa shape index (κ1) is 20.9. The monoisotopic (exact) mass is 431 g/mol. The van der Waals surface area contributed by atoms with Gasteiger partial charge in [0.05, 0.1) is 30.7 Å². The third-order valence-corrected chi connectivity index (χ3v) is 4.79. The van der Waals surface area contributed by atoms with Gasteiger partial charge < -0.3 is 15.2 Å². The average Bonchev–Trinajstić information content (AvgIpc) is 3.25. The van der Waals surface area contributed by atoms with Crippen LogP contribution in [-0.2, 0) is 4.74 Å². The van der Waals surface area contributed by atoms with Crippen molar-refractivity contribution in [3.63, 3.8) is 0 Å². The van der Waals surface area contributed by atoms with Crippen LogP contribution in [0.3, 0.4) is 0 Å². The zero-order valence-corrected chi connectivity index (χ0v) is 17.3. The lowest BCUT2D eigenvalue weighted by molar-refractivity contribution is 0.181. The molecular formula is C23H21N5O4. The highest BCUT2D eigenvalue weighted by Gasteiger charge is 2.24. The van der Waals surface area contributed by atoms with Gasteiger partial charge in [-0.05, 0) is 36.5 Å². The lowest BCUT2D eigenvalue weighted by Gasteiger charge is -2.17. The van der Waals surface area contributed by atoms with E-state index in [-0.39, 0.29) is 11.1 Å². The van der Waals surface area contributed by atoms with Gasteiger partial charge in [-0.1, -0.05) is 18.2 Å². The third kappa shape index (κ3) is 4.22. The lowest BCUT2D eigenvalue weighted by atomic mass is 10.2. The number of nitrogens with two attached hydrogens (primary N) is 1. The van der Waals surface area contributed by atoms with E-state index >= 15 is 0 Å². The summed E-state index contributed by atoms with van der Waals surface area (Å²) in [6.07, 6.45) is 3.98. The Bertz CT molecular complexity index is 1250. The van der Waals surface area contributed by atoms with Crippen molar-refractivity contribution in [1.29, 1.82) is 0 Å². The molecule has 0 spiro atoms. The normalized spacial score (nSPS) is 14.1. The van der Waals surface area contributed by atoms with Gasteiger partial charge in [0, 0.05) is 18.3 Å². The molecule has 3 aromatic rings. The van der Waals surface area contributed by atoms with E-state index in [2.05, 4.69) is 10.1 Å². The number of ether oxygens (including phenoxy) is 2. The maximum Gasteiger partial charge on any atom is 0.414 e. The summed E-state index contributed by atoms with van der Waals surface area (Å²) in [7, 11) is 1.52. The Morgan fingerprint density at radius 1 is 1.19 bits per heavy atom. The smallest absolute Gasteiger partial charge is 0.414 e. The van der Waals surface area contributed by atoms with E-state index in [0.29, 0.717) is 41.7 Å². The fourth-order valence-corrected chi connectivity index (χ4v) is 3.27. The lowest BCUT2D eigenvalue weighted by Crippen LogP contribution is -2.23. The van der Waals surface area contributed by atoms with Gasteiger partial charge in [0.2, 0.25) is 5.43 Å². The second-order valence-electron chi connectivity index (χ2n) is 6.79. The summed E-state index contributed by atoms with van der Waals surface area (Å²) in [5, 5.41) is 4.49. The van der Waals surface area contributed by atoms with Crippen LogP contribution in [0.2, 0.25) is 0 Å². The van der Waals surface area contributed by atoms with Crippen LogP contribution < -0.4 is 20.8 Å². The van der Waals surface area contributed by atoms with Crippen molar-refractivity contribution in [2.75, 3.05) is 25.2 Å². The Hall–Kier alpha value is -4.40. The Balaban J connectivity index is 1.77.